The van der Waals surface area contributed by atoms with Gasteiger partial charge in [-0.2, -0.15) is 5.10 Å². The van der Waals surface area contributed by atoms with Crippen LogP contribution in [0.2, 0.25) is 0 Å². The van der Waals surface area contributed by atoms with E-state index in [1.807, 2.05) is 13.1 Å². The predicted octanol–water partition coefficient (Wildman–Crippen LogP) is 2.17. The summed E-state index contributed by atoms with van der Waals surface area (Å²) < 4.78 is 3.23. The Balaban J connectivity index is 1.34. The lowest BCUT2D eigenvalue weighted by atomic mass is 9.99. The van der Waals surface area contributed by atoms with Gasteiger partial charge < -0.3 is 10.3 Å². The van der Waals surface area contributed by atoms with Crippen molar-refractivity contribution < 1.29 is 4.79 Å². The number of carbonyl (C=O) groups is 1. The summed E-state index contributed by atoms with van der Waals surface area (Å²) in [7, 11) is 0. The number of aromatic nitrogens is 4. The summed E-state index contributed by atoms with van der Waals surface area (Å²) in [6, 6.07) is 6.36. The van der Waals surface area contributed by atoms with E-state index in [0.717, 1.165) is 24.2 Å². The Labute approximate surface area is 163 Å². The normalized spacial score (nSPS) is 16.7. The molecule has 28 heavy (non-hydrogen) atoms. The summed E-state index contributed by atoms with van der Waals surface area (Å²) in [5.74, 6) is 0.815. The summed E-state index contributed by atoms with van der Waals surface area (Å²) in [6.07, 6.45) is 4.91. The van der Waals surface area contributed by atoms with Crippen molar-refractivity contribution >= 4 is 16.8 Å². The highest BCUT2D eigenvalue weighted by Gasteiger charge is 2.25. The molecule has 0 bridgehead atoms. The maximum absolute atomic E-state index is 12.6. The third-order valence-electron chi connectivity index (χ3n) is 5.70. The second-order valence-electron chi connectivity index (χ2n) is 7.59. The van der Waals surface area contributed by atoms with Gasteiger partial charge in [0, 0.05) is 49.1 Å². The molecule has 3 aromatic rings. The zero-order chi connectivity index (χ0) is 19.7. The monoisotopic (exact) mass is 381 g/mol. The molecule has 0 radical (unpaired) electrons. The Kier molecular flexibility index (Phi) is 5.07. The number of hydrogen-bond acceptors (Lipinski definition) is 3. The van der Waals surface area contributed by atoms with Crippen LogP contribution in [-0.4, -0.2) is 31.8 Å². The van der Waals surface area contributed by atoms with Crippen LogP contribution in [0.25, 0.3) is 10.9 Å². The molecular formula is C21H27N5O2. The lowest BCUT2D eigenvalue weighted by molar-refractivity contribution is -0.125. The fraction of sp³-hybridized carbons (Fsp3) is 0.476. The summed E-state index contributed by atoms with van der Waals surface area (Å²) in [5, 5.41) is 8.70. The zero-order valence-corrected chi connectivity index (χ0v) is 16.5. The molecule has 4 rings (SSSR count). The van der Waals surface area contributed by atoms with Crippen molar-refractivity contribution in [1.29, 1.82) is 0 Å². The number of fused-ring (bicyclic) bond motifs is 2. The first kappa shape index (κ1) is 18.5. The molecule has 7 nitrogen and oxygen atoms in total. The number of H-pyrrole nitrogens is 1. The molecule has 2 aromatic heterocycles. The lowest BCUT2D eigenvalue weighted by Gasteiger charge is -2.14. The fourth-order valence-electron chi connectivity index (χ4n) is 4.06. The van der Waals surface area contributed by atoms with E-state index in [2.05, 4.69) is 40.5 Å². The van der Waals surface area contributed by atoms with Crippen LogP contribution in [0.4, 0.5) is 0 Å². The van der Waals surface area contributed by atoms with E-state index in [1.165, 1.54) is 21.2 Å². The molecule has 1 unspecified atom stereocenters. The molecule has 0 saturated heterocycles. The number of benzene rings is 1. The van der Waals surface area contributed by atoms with Gasteiger partial charge in [-0.3, -0.25) is 9.36 Å². The Hall–Kier alpha value is -2.83. The second kappa shape index (κ2) is 7.66. The molecule has 0 spiro atoms. The Morgan fingerprint density at radius 1 is 1.36 bits per heavy atom. The van der Waals surface area contributed by atoms with Crippen LogP contribution >= 0.6 is 0 Å². The van der Waals surface area contributed by atoms with Crippen LogP contribution in [0.5, 0.6) is 0 Å². The molecule has 1 aliphatic heterocycles. The van der Waals surface area contributed by atoms with Crippen LogP contribution in [0.1, 0.15) is 36.7 Å². The Morgan fingerprint density at radius 2 is 2.21 bits per heavy atom. The van der Waals surface area contributed by atoms with Gasteiger partial charge in [-0.05, 0) is 50.8 Å². The minimum atomic E-state index is -0.0682. The molecule has 7 heteroatoms. The summed E-state index contributed by atoms with van der Waals surface area (Å²) in [4.78, 5) is 28.2. The number of rotatable bonds is 5. The van der Waals surface area contributed by atoms with Gasteiger partial charge in [-0.1, -0.05) is 11.6 Å². The third kappa shape index (κ3) is 3.48. The van der Waals surface area contributed by atoms with E-state index in [4.69, 9.17) is 0 Å². The molecular weight excluding hydrogens is 354 g/mol. The molecule has 1 amide bonds. The largest absolute Gasteiger partial charge is 0.361 e. The minimum Gasteiger partial charge on any atom is -0.361 e. The van der Waals surface area contributed by atoms with E-state index in [-0.39, 0.29) is 17.5 Å². The van der Waals surface area contributed by atoms with Crippen molar-refractivity contribution in [2.45, 2.75) is 52.6 Å². The van der Waals surface area contributed by atoms with Gasteiger partial charge in [-0.25, -0.2) is 9.48 Å². The molecule has 0 fully saturated rings. The first-order chi connectivity index (χ1) is 13.6. The minimum absolute atomic E-state index is 0.0619. The topological polar surface area (TPSA) is 84.7 Å². The summed E-state index contributed by atoms with van der Waals surface area (Å²) in [5.41, 5.74) is 3.52. The van der Waals surface area contributed by atoms with Gasteiger partial charge in [0.15, 0.2) is 0 Å². The number of aryl methyl sites for hydroxylation is 3. The summed E-state index contributed by atoms with van der Waals surface area (Å²) >= 11 is 0. The fourth-order valence-corrected chi connectivity index (χ4v) is 4.06. The molecule has 148 valence electrons. The number of nitrogens with one attached hydrogen (secondary N) is 2. The van der Waals surface area contributed by atoms with E-state index in [9.17, 15) is 9.59 Å². The number of aromatic amines is 1. The average molecular weight is 381 g/mol. The van der Waals surface area contributed by atoms with E-state index in [0.29, 0.717) is 32.5 Å². The smallest absolute Gasteiger partial charge is 0.345 e. The van der Waals surface area contributed by atoms with Crippen molar-refractivity contribution in [2.24, 2.45) is 5.92 Å². The standard InChI is InChI=1S/C21H27N5O2/c1-3-26-21(28)25-11-9-15(5-7-19(25)24-26)20(27)22-10-8-16-13-23-18-6-4-14(2)12-17(16)18/h4,6,12-13,15,23H,3,5,7-11H2,1-2H3,(H,22,27). The van der Waals surface area contributed by atoms with E-state index < -0.39 is 0 Å². The highest BCUT2D eigenvalue weighted by Crippen LogP contribution is 2.21. The molecule has 1 aromatic carbocycles. The SMILES string of the molecule is CCn1nc2n(c1=O)CCC(C(=O)NCCc1c[nH]c3ccc(C)cc13)CC2. The average Bonchev–Trinajstić information content (AvgIpc) is 3.13. The van der Waals surface area contributed by atoms with Crippen molar-refractivity contribution in [1.82, 2.24) is 24.6 Å². The highest BCUT2D eigenvalue weighted by molar-refractivity contribution is 5.84. The Bertz CT molecular complexity index is 1060. The first-order valence-electron chi connectivity index (χ1n) is 10.1. The Morgan fingerprint density at radius 3 is 3.04 bits per heavy atom. The van der Waals surface area contributed by atoms with Crippen LogP contribution in [0.3, 0.4) is 0 Å². The number of carbonyl (C=O) groups excluding carboxylic acids is 1. The third-order valence-corrected chi connectivity index (χ3v) is 5.70. The predicted molar refractivity (Wildman–Crippen MR) is 108 cm³/mol. The van der Waals surface area contributed by atoms with Crippen LogP contribution in [0.15, 0.2) is 29.2 Å². The van der Waals surface area contributed by atoms with E-state index >= 15 is 0 Å². The van der Waals surface area contributed by atoms with Gasteiger partial charge in [0.2, 0.25) is 5.91 Å². The number of amides is 1. The molecule has 1 aliphatic rings. The van der Waals surface area contributed by atoms with Crippen molar-refractivity contribution in [3.8, 4) is 0 Å². The van der Waals surface area contributed by atoms with Crippen LogP contribution in [-0.2, 0) is 30.7 Å². The van der Waals surface area contributed by atoms with Gasteiger partial charge in [0.1, 0.15) is 5.82 Å². The number of hydrogen-bond donors (Lipinski definition) is 2. The van der Waals surface area contributed by atoms with Gasteiger partial charge in [0.05, 0.1) is 0 Å². The van der Waals surface area contributed by atoms with Crippen LogP contribution in [0, 0.1) is 12.8 Å². The molecule has 3 heterocycles. The van der Waals surface area contributed by atoms with Gasteiger partial charge >= 0.3 is 5.69 Å². The molecule has 2 N–H and O–H groups in total. The van der Waals surface area contributed by atoms with Crippen molar-refractivity contribution in [3.05, 3.63) is 51.8 Å². The number of nitrogens with zero attached hydrogens (tertiary/aromatic N) is 3. The zero-order valence-electron chi connectivity index (χ0n) is 16.5. The lowest BCUT2D eigenvalue weighted by Crippen LogP contribution is -2.33. The van der Waals surface area contributed by atoms with Gasteiger partial charge in [-0.15, -0.1) is 0 Å². The molecule has 0 saturated carbocycles. The summed E-state index contributed by atoms with van der Waals surface area (Å²) in [6.45, 7) is 5.76. The quantitative estimate of drug-likeness (QED) is 0.710. The molecule has 0 aliphatic carbocycles. The van der Waals surface area contributed by atoms with Crippen molar-refractivity contribution in [3.63, 3.8) is 0 Å². The van der Waals surface area contributed by atoms with Crippen molar-refractivity contribution in [2.75, 3.05) is 6.54 Å². The maximum Gasteiger partial charge on any atom is 0.345 e. The van der Waals surface area contributed by atoms with Crippen LogP contribution < -0.4 is 11.0 Å². The second-order valence-corrected chi connectivity index (χ2v) is 7.59. The van der Waals surface area contributed by atoms with Gasteiger partial charge in [0.25, 0.3) is 0 Å². The van der Waals surface area contributed by atoms with E-state index in [1.54, 1.807) is 4.57 Å². The first-order valence-corrected chi connectivity index (χ1v) is 10.1. The highest BCUT2D eigenvalue weighted by atomic mass is 16.2. The maximum atomic E-state index is 12.6. The molecule has 1 atom stereocenters.